The molecule has 0 aromatic carbocycles. The van der Waals surface area contributed by atoms with Crippen molar-refractivity contribution < 1.29 is 9.84 Å². The second-order valence-corrected chi connectivity index (χ2v) is 3.08. The van der Waals surface area contributed by atoms with Gasteiger partial charge < -0.3 is 9.84 Å². The number of hydrogen-bond donors (Lipinski definition) is 1. The fourth-order valence-corrected chi connectivity index (χ4v) is 1.83. The van der Waals surface area contributed by atoms with E-state index in [4.69, 9.17) is 4.74 Å². The highest BCUT2D eigenvalue weighted by molar-refractivity contribution is 4.83. The van der Waals surface area contributed by atoms with Crippen LogP contribution in [0.1, 0.15) is 25.7 Å². The molecule has 0 amide bonds. The molecule has 0 aromatic rings. The molecule has 2 heteroatoms. The molecule has 2 nitrogen and oxygen atoms in total. The van der Waals surface area contributed by atoms with Crippen molar-refractivity contribution >= 4 is 0 Å². The molecule has 0 aliphatic carbocycles. The third kappa shape index (κ3) is 0.970. The first-order valence-electron chi connectivity index (χ1n) is 3.68. The predicted molar refractivity (Wildman–Crippen MR) is 33.1 cm³/mol. The number of rotatable bonds is 0. The van der Waals surface area contributed by atoms with E-state index in [0.29, 0.717) is 12.2 Å². The molecule has 2 heterocycles. The lowest BCUT2D eigenvalue weighted by atomic mass is 10.1. The van der Waals surface area contributed by atoms with Crippen LogP contribution in [0.4, 0.5) is 0 Å². The molecule has 3 atom stereocenters. The second kappa shape index (κ2) is 1.96. The van der Waals surface area contributed by atoms with Crippen LogP contribution < -0.4 is 0 Å². The van der Waals surface area contributed by atoms with E-state index < -0.39 is 0 Å². The first-order valence-corrected chi connectivity index (χ1v) is 3.68. The van der Waals surface area contributed by atoms with E-state index in [-0.39, 0.29) is 6.10 Å². The minimum absolute atomic E-state index is 0.0729. The summed E-state index contributed by atoms with van der Waals surface area (Å²) in [6.45, 7) is 0. The Kier molecular flexibility index (Phi) is 1.24. The van der Waals surface area contributed by atoms with Crippen molar-refractivity contribution in [3.8, 4) is 0 Å². The molecule has 2 saturated heterocycles. The largest absolute Gasteiger partial charge is 0.393 e. The van der Waals surface area contributed by atoms with Gasteiger partial charge in [-0.05, 0) is 25.7 Å². The number of ether oxygens (including phenoxy) is 1. The van der Waals surface area contributed by atoms with Crippen molar-refractivity contribution in [1.82, 2.24) is 0 Å². The summed E-state index contributed by atoms with van der Waals surface area (Å²) in [5.74, 6) is 0. The molecular formula is C7H12O2. The average Bonchev–Trinajstić information content (AvgIpc) is 2.11. The summed E-state index contributed by atoms with van der Waals surface area (Å²) in [7, 11) is 0. The highest BCUT2D eigenvalue weighted by Gasteiger charge is 2.33. The second-order valence-electron chi connectivity index (χ2n) is 3.08. The zero-order chi connectivity index (χ0) is 6.27. The van der Waals surface area contributed by atoms with Gasteiger partial charge in [-0.3, -0.25) is 0 Å². The van der Waals surface area contributed by atoms with Crippen LogP contribution in [0.2, 0.25) is 0 Å². The monoisotopic (exact) mass is 128 g/mol. The van der Waals surface area contributed by atoms with Crippen molar-refractivity contribution in [3.63, 3.8) is 0 Å². The van der Waals surface area contributed by atoms with Gasteiger partial charge in [0.15, 0.2) is 0 Å². The molecule has 2 rings (SSSR count). The lowest BCUT2D eigenvalue weighted by molar-refractivity contribution is -0.0520. The van der Waals surface area contributed by atoms with Crippen LogP contribution in [0.3, 0.4) is 0 Å². The summed E-state index contributed by atoms with van der Waals surface area (Å²) >= 11 is 0. The molecule has 2 bridgehead atoms. The SMILES string of the molecule is OC1CC2CC[C@H](C1)O2. The van der Waals surface area contributed by atoms with E-state index >= 15 is 0 Å². The Bertz CT molecular complexity index is 101. The van der Waals surface area contributed by atoms with E-state index in [1.54, 1.807) is 0 Å². The molecule has 9 heavy (non-hydrogen) atoms. The number of aliphatic hydroxyl groups is 1. The lowest BCUT2D eigenvalue weighted by Crippen LogP contribution is -2.28. The lowest BCUT2D eigenvalue weighted by Gasteiger charge is -2.24. The Morgan fingerprint density at radius 1 is 1.11 bits per heavy atom. The number of fused-ring (bicyclic) bond motifs is 2. The maximum Gasteiger partial charge on any atom is 0.0604 e. The summed E-state index contributed by atoms with van der Waals surface area (Å²) in [5, 5.41) is 9.21. The van der Waals surface area contributed by atoms with Gasteiger partial charge in [0.1, 0.15) is 0 Å². The van der Waals surface area contributed by atoms with Gasteiger partial charge in [0.25, 0.3) is 0 Å². The summed E-state index contributed by atoms with van der Waals surface area (Å²) < 4.78 is 5.51. The van der Waals surface area contributed by atoms with Gasteiger partial charge in [0.05, 0.1) is 18.3 Å². The van der Waals surface area contributed by atoms with Crippen LogP contribution in [0.25, 0.3) is 0 Å². The topological polar surface area (TPSA) is 29.5 Å². The quantitative estimate of drug-likeness (QED) is 0.520. The van der Waals surface area contributed by atoms with Crippen LogP contribution in [-0.2, 0) is 4.74 Å². The molecule has 0 spiro atoms. The zero-order valence-electron chi connectivity index (χ0n) is 5.42. The Labute approximate surface area is 54.8 Å². The molecule has 52 valence electrons. The van der Waals surface area contributed by atoms with Crippen molar-refractivity contribution in [3.05, 3.63) is 0 Å². The van der Waals surface area contributed by atoms with E-state index in [2.05, 4.69) is 0 Å². The van der Waals surface area contributed by atoms with Gasteiger partial charge in [0.2, 0.25) is 0 Å². The van der Waals surface area contributed by atoms with E-state index in [1.165, 1.54) is 12.8 Å². The Morgan fingerprint density at radius 3 is 2.22 bits per heavy atom. The molecule has 2 aliphatic rings. The van der Waals surface area contributed by atoms with E-state index in [1.807, 2.05) is 0 Å². The highest BCUT2D eigenvalue weighted by Crippen LogP contribution is 2.31. The van der Waals surface area contributed by atoms with Gasteiger partial charge in [0, 0.05) is 0 Å². The molecular weight excluding hydrogens is 116 g/mol. The Hall–Kier alpha value is -0.0800. The first-order chi connectivity index (χ1) is 4.34. The van der Waals surface area contributed by atoms with E-state index in [9.17, 15) is 5.11 Å². The van der Waals surface area contributed by atoms with Gasteiger partial charge >= 0.3 is 0 Å². The van der Waals surface area contributed by atoms with Gasteiger partial charge in [-0.15, -0.1) is 0 Å². The fraction of sp³-hybridized carbons (Fsp3) is 1.00. The number of hydrogen-bond acceptors (Lipinski definition) is 2. The molecule has 0 aromatic heterocycles. The molecule has 2 aliphatic heterocycles. The van der Waals surface area contributed by atoms with Crippen LogP contribution in [0.15, 0.2) is 0 Å². The van der Waals surface area contributed by atoms with Crippen LogP contribution >= 0.6 is 0 Å². The van der Waals surface area contributed by atoms with Gasteiger partial charge in [-0.1, -0.05) is 0 Å². The minimum Gasteiger partial charge on any atom is -0.393 e. The number of aliphatic hydroxyl groups excluding tert-OH is 1. The molecule has 1 N–H and O–H groups in total. The maximum atomic E-state index is 9.21. The summed E-state index contributed by atoms with van der Waals surface area (Å²) in [6.07, 6.45) is 4.78. The van der Waals surface area contributed by atoms with Crippen molar-refractivity contribution in [2.45, 2.75) is 44.0 Å². The zero-order valence-corrected chi connectivity index (χ0v) is 5.42. The third-order valence-electron chi connectivity index (χ3n) is 2.27. The highest BCUT2D eigenvalue weighted by atomic mass is 16.5. The Balaban J connectivity index is 2.03. The van der Waals surface area contributed by atoms with E-state index in [0.717, 1.165) is 12.8 Å². The van der Waals surface area contributed by atoms with Crippen molar-refractivity contribution in [1.29, 1.82) is 0 Å². The predicted octanol–water partition coefficient (Wildman–Crippen LogP) is 0.689. The van der Waals surface area contributed by atoms with Gasteiger partial charge in [-0.25, -0.2) is 0 Å². The molecule has 2 unspecified atom stereocenters. The van der Waals surface area contributed by atoms with Gasteiger partial charge in [-0.2, -0.15) is 0 Å². The third-order valence-corrected chi connectivity index (χ3v) is 2.27. The smallest absolute Gasteiger partial charge is 0.0604 e. The van der Waals surface area contributed by atoms with Crippen LogP contribution in [0, 0.1) is 0 Å². The van der Waals surface area contributed by atoms with Crippen molar-refractivity contribution in [2.75, 3.05) is 0 Å². The minimum atomic E-state index is -0.0729. The first kappa shape index (κ1) is 5.69. The van der Waals surface area contributed by atoms with Crippen LogP contribution in [-0.4, -0.2) is 23.4 Å². The summed E-state index contributed by atoms with van der Waals surface area (Å²) in [4.78, 5) is 0. The molecule has 0 saturated carbocycles. The normalized spacial score (nSPS) is 49.7. The average molecular weight is 128 g/mol. The van der Waals surface area contributed by atoms with Crippen molar-refractivity contribution in [2.24, 2.45) is 0 Å². The fourth-order valence-electron chi connectivity index (χ4n) is 1.83. The summed E-state index contributed by atoms with van der Waals surface area (Å²) in [5.41, 5.74) is 0. The molecule has 2 fully saturated rings. The standard InChI is InChI=1S/C7H12O2/c8-5-3-6-1-2-7(4-5)9-6/h5-8H,1-4H2/t5?,6-,7?/m1/s1. The molecule has 0 radical (unpaired) electrons. The maximum absolute atomic E-state index is 9.21. The Morgan fingerprint density at radius 2 is 1.67 bits per heavy atom. The van der Waals surface area contributed by atoms with Crippen LogP contribution in [0.5, 0.6) is 0 Å². The summed E-state index contributed by atoms with van der Waals surface area (Å²) in [6, 6.07) is 0.